The summed E-state index contributed by atoms with van der Waals surface area (Å²) < 4.78 is 6.22. The van der Waals surface area contributed by atoms with E-state index in [1.807, 2.05) is 12.1 Å². The molecule has 0 bridgehead atoms. The SMILES string of the molecule is c1ccc2c(-c3ccc(N(c4ccc(-c5ccc(-c6cccc7c6ccc6ccccc67)cc5)cc4)c4ccc5oc6ccccc6c5c4)cc3)cccc2c1. The molecule has 0 N–H and O–H groups in total. The first kappa shape index (κ1) is 32.0. The van der Waals surface area contributed by atoms with Gasteiger partial charge >= 0.3 is 0 Å². The summed E-state index contributed by atoms with van der Waals surface area (Å²) in [5.41, 5.74) is 12.3. The Morgan fingerprint density at radius 2 is 0.750 bits per heavy atom. The highest BCUT2D eigenvalue weighted by Crippen LogP contribution is 2.41. The van der Waals surface area contributed by atoms with Crippen LogP contribution in [0.2, 0.25) is 0 Å². The molecule has 0 aliphatic heterocycles. The van der Waals surface area contributed by atoms with Gasteiger partial charge < -0.3 is 9.32 Å². The Morgan fingerprint density at radius 1 is 0.268 bits per heavy atom. The lowest BCUT2D eigenvalue weighted by atomic mass is 9.93. The van der Waals surface area contributed by atoms with Crippen molar-refractivity contribution in [2.45, 2.75) is 0 Å². The number of hydrogen-bond donors (Lipinski definition) is 0. The molecular formula is C54H35NO. The highest BCUT2D eigenvalue weighted by molar-refractivity contribution is 6.12. The number of anilines is 3. The highest BCUT2D eigenvalue weighted by atomic mass is 16.3. The molecule has 1 heterocycles. The molecule has 0 radical (unpaired) electrons. The van der Waals surface area contributed by atoms with Crippen LogP contribution in [0, 0.1) is 0 Å². The third kappa shape index (κ3) is 5.42. The lowest BCUT2D eigenvalue weighted by Gasteiger charge is -2.26. The van der Waals surface area contributed by atoms with Crippen LogP contribution in [0.15, 0.2) is 217 Å². The molecule has 2 heteroatoms. The van der Waals surface area contributed by atoms with Crippen LogP contribution in [0.3, 0.4) is 0 Å². The minimum absolute atomic E-state index is 0.886. The van der Waals surface area contributed by atoms with E-state index < -0.39 is 0 Å². The summed E-state index contributed by atoms with van der Waals surface area (Å²) in [4.78, 5) is 2.34. The first-order valence-electron chi connectivity index (χ1n) is 19.2. The average molecular weight is 714 g/mol. The van der Waals surface area contributed by atoms with Crippen molar-refractivity contribution in [3.05, 3.63) is 212 Å². The first-order valence-corrected chi connectivity index (χ1v) is 19.2. The fourth-order valence-electron chi connectivity index (χ4n) is 8.50. The van der Waals surface area contributed by atoms with Gasteiger partial charge in [0, 0.05) is 27.8 Å². The number of fused-ring (bicyclic) bond motifs is 7. The number of rotatable bonds is 6. The Labute approximate surface area is 325 Å². The molecule has 11 aromatic rings. The Kier molecular flexibility index (Phi) is 7.53. The molecule has 0 saturated heterocycles. The molecule has 0 saturated carbocycles. The molecule has 0 aliphatic carbocycles. The van der Waals surface area contributed by atoms with Gasteiger partial charge in [0.05, 0.1) is 0 Å². The maximum Gasteiger partial charge on any atom is 0.135 e. The van der Waals surface area contributed by atoms with E-state index in [2.05, 4.69) is 205 Å². The topological polar surface area (TPSA) is 16.4 Å². The van der Waals surface area contributed by atoms with Crippen LogP contribution < -0.4 is 4.90 Å². The van der Waals surface area contributed by atoms with Crippen molar-refractivity contribution in [1.82, 2.24) is 0 Å². The smallest absolute Gasteiger partial charge is 0.135 e. The third-order valence-electron chi connectivity index (χ3n) is 11.3. The third-order valence-corrected chi connectivity index (χ3v) is 11.3. The maximum absolute atomic E-state index is 6.22. The van der Waals surface area contributed by atoms with E-state index in [-0.39, 0.29) is 0 Å². The lowest BCUT2D eigenvalue weighted by Crippen LogP contribution is -2.09. The monoisotopic (exact) mass is 713 g/mol. The first-order chi connectivity index (χ1) is 27.7. The Balaban J connectivity index is 0.963. The molecule has 56 heavy (non-hydrogen) atoms. The molecule has 0 fully saturated rings. The summed E-state index contributed by atoms with van der Waals surface area (Å²) in [5.74, 6) is 0. The van der Waals surface area contributed by atoms with Crippen molar-refractivity contribution >= 4 is 71.3 Å². The zero-order chi connectivity index (χ0) is 37.0. The van der Waals surface area contributed by atoms with Crippen LogP contribution in [0.25, 0.3) is 87.6 Å². The van der Waals surface area contributed by atoms with Gasteiger partial charge in [-0.25, -0.2) is 0 Å². The van der Waals surface area contributed by atoms with Crippen molar-refractivity contribution in [3.63, 3.8) is 0 Å². The zero-order valence-corrected chi connectivity index (χ0v) is 30.6. The number of furan rings is 1. The minimum Gasteiger partial charge on any atom is -0.456 e. The number of nitrogens with zero attached hydrogens (tertiary/aromatic N) is 1. The Bertz CT molecular complexity index is 3220. The summed E-state index contributed by atoms with van der Waals surface area (Å²) in [6.45, 7) is 0. The van der Waals surface area contributed by atoms with Crippen LogP contribution in [-0.2, 0) is 0 Å². The second kappa shape index (κ2) is 13.2. The predicted molar refractivity (Wildman–Crippen MR) is 237 cm³/mol. The predicted octanol–water partition coefficient (Wildman–Crippen LogP) is 15.5. The van der Waals surface area contributed by atoms with E-state index in [0.29, 0.717) is 0 Å². The van der Waals surface area contributed by atoms with E-state index in [4.69, 9.17) is 4.42 Å². The second-order valence-corrected chi connectivity index (χ2v) is 14.5. The van der Waals surface area contributed by atoms with Gasteiger partial charge in [-0.2, -0.15) is 0 Å². The van der Waals surface area contributed by atoms with Gasteiger partial charge in [0.25, 0.3) is 0 Å². The largest absolute Gasteiger partial charge is 0.456 e. The number of para-hydroxylation sites is 1. The second-order valence-electron chi connectivity index (χ2n) is 14.5. The fraction of sp³-hybridized carbons (Fsp3) is 0. The van der Waals surface area contributed by atoms with Crippen molar-refractivity contribution in [3.8, 4) is 33.4 Å². The van der Waals surface area contributed by atoms with E-state index in [0.717, 1.165) is 39.0 Å². The zero-order valence-electron chi connectivity index (χ0n) is 30.6. The summed E-state index contributed by atoms with van der Waals surface area (Å²) in [7, 11) is 0. The Morgan fingerprint density at radius 3 is 1.48 bits per heavy atom. The van der Waals surface area contributed by atoms with Crippen molar-refractivity contribution < 1.29 is 4.42 Å². The lowest BCUT2D eigenvalue weighted by molar-refractivity contribution is 0.669. The van der Waals surface area contributed by atoms with Crippen LogP contribution >= 0.6 is 0 Å². The van der Waals surface area contributed by atoms with E-state index in [1.54, 1.807) is 0 Å². The van der Waals surface area contributed by atoms with Gasteiger partial charge in [-0.3, -0.25) is 0 Å². The van der Waals surface area contributed by atoms with E-state index in [1.165, 1.54) is 65.7 Å². The molecule has 11 rings (SSSR count). The van der Waals surface area contributed by atoms with Gasteiger partial charge in [0.2, 0.25) is 0 Å². The molecule has 1 aromatic heterocycles. The van der Waals surface area contributed by atoms with Crippen molar-refractivity contribution in [2.24, 2.45) is 0 Å². The fourth-order valence-corrected chi connectivity index (χ4v) is 8.50. The number of hydrogen-bond acceptors (Lipinski definition) is 2. The quantitative estimate of drug-likeness (QED) is 0.160. The normalized spacial score (nSPS) is 11.6. The summed E-state index contributed by atoms with van der Waals surface area (Å²) in [6, 6.07) is 76.5. The van der Waals surface area contributed by atoms with E-state index >= 15 is 0 Å². The molecule has 0 unspecified atom stereocenters. The van der Waals surface area contributed by atoms with Gasteiger partial charge in [-0.15, -0.1) is 0 Å². The van der Waals surface area contributed by atoms with Crippen LogP contribution in [-0.4, -0.2) is 0 Å². The molecule has 262 valence electrons. The molecule has 0 atom stereocenters. The summed E-state index contributed by atoms with van der Waals surface area (Å²) in [6.07, 6.45) is 0. The highest BCUT2D eigenvalue weighted by Gasteiger charge is 2.17. The van der Waals surface area contributed by atoms with Gasteiger partial charge in [0.1, 0.15) is 11.2 Å². The van der Waals surface area contributed by atoms with E-state index in [9.17, 15) is 0 Å². The molecule has 10 aromatic carbocycles. The molecule has 0 spiro atoms. The van der Waals surface area contributed by atoms with Crippen LogP contribution in [0.5, 0.6) is 0 Å². The van der Waals surface area contributed by atoms with Crippen LogP contribution in [0.4, 0.5) is 17.1 Å². The molecule has 0 aliphatic rings. The molecule has 2 nitrogen and oxygen atoms in total. The summed E-state index contributed by atoms with van der Waals surface area (Å²) in [5, 5.41) is 9.83. The summed E-state index contributed by atoms with van der Waals surface area (Å²) >= 11 is 0. The Hall–Kier alpha value is -7.42. The van der Waals surface area contributed by atoms with Gasteiger partial charge in [0.15, 0.2) is 0 Å². The van der Waals surface area contributed by atoms with Gasteiger partial charge in [-0.1, -0.05) is 164 Å². The van der Waals surface area contributed by atoms with Crippen LogP contribution in [0.1, 0.15) is 0 Å². The number of benzene rings is 10. The minimum atomic E-state index is 0.886. The average Bonchev–Trinajstić information content (AvgIpc) is 3.65. The van der Waals surface area contributed by atoms with Crippen molar-refractivity contribution in [2.75, 3.05) is 4.90 Å². The maximum atomic E-state index is 6.22. The van der Waals surface area contributed by atoms with Crippen molar-refractivity contribution in [1.29, 1.82) is 0 Å². The molecular weight excluding hydrogens is 679 g/mol. The standard InChI is InChI=1S/C54H35NO/c1-3-12-45-38(9-1)11-7-15-46(45)41-25-30-43(31-26-41)55(44-32-34-54-52(35-44)51-14-5-6-18-53(51)56-54)42-28-23-37(24-29-42)36-19-21-40(22-20-36)48-16-8-17-49-47-13-4-2-10-39(47)27-33-50(48)49/h1-35H. The molecule has 0 amide bonds. The van der Waals surface area contributed by atoms with Gasteiger partial charge in [-0.05, 0) is 114 Å².